The molecule has 0 aliphatic carbocycles. The van der Waals surface area contributed by atoms with E-state index < -0.39 is 6.04 Å². The van der Waals surface area contributed by atoms with Gasteiger partial charge in [0.25, 0.3) is 0 Å². The maximum atomic E-state index is 13.7. The lowest BCUT2D eigenvalue weighted by atomic mass is 10.0. The van der Waals surface area contributed by atoms with E-state index in [0.717, 1.165) is 31.6 Å². The second-order valence-corrected chi connectivity index (χ2v) is 6.60. The first kappa shape index (κ1) is 23.1. The Morgan fingerprint density at radius 2 is 2.04 bits per heavy atom. The first-order valence-corrected chi connectivity index (χ1v) is 8.69. The molecule has 5 nitrogen and oxygen atoms in total. The topological polar surface area (TPSA) is 44.8 Å². The molecule has 2 heterocycles. The molecule has 2 fully saturated rings. The second-order valence-electron chi connectivity index (χ2n) is 6.60. The molecule has 0 bridgehead atoms. The maximum Gasteiger partial charge on any atom is 0.244 e. The zero-order valence-corrected chi connectivity index (χ0v) is 16.7. The number of nitrogens with one attached hydrogen (secondary N) is 1. The van der Waals surface area contributed by atoms with Crippen LogP contribution in [0, 0.1) is 11.7 Å². The fourth-order valence-electron chi connectivity index (χ4n) is 3.68. The first-order chi connectivity index (χ1) is 11.7. The molecule has 0 aromatic heterocycles. The number of carbonyl (C=O) groups is 1. The zero-order valence-electron chi connectivity index (χ0n) is 15.0. The number of carbonyl (C=O) groups excluding carboxylic acids is 1. The number of nitrogens with zero attached hydrogens (tertiary/aromatic N) is 2. The van der Waals surface area contributed by atoms with Gasteiger partial charge < -0.3 is 15.0 Å². The quantitative estimate of drug-likeness (QED) is 0.811. The number of halogens is 3. The van der Waals surface area contributed by atoms with Crippen molar-refractivity contribution in [2.45, 2.75) is 12.5 Å². The highest BCUT2D eigenvalue weighted by molar-refractivity contribution is 5.85. The van der Waals surface area contributed by atoms with E-state index in [1.54, 1.807) is 6.07 Å². The molecule has 2 aliphatic rings. The molecule has 1 aromatic rings. The third-order valence-electron chi connectivity index (χ3n) is 4.90. The first-order valence-electron chi connectivity index (χ1n) is 8.69. The van der Waals surface area contributed by atoms with E-state index in [9.17, 15) is 9.18 Å². The molecule has 1 amide bonds. The summed E-state index contributed by atoms with van der Waals surface area (Å²) in [6.07, 6.45) is 1.02. The monoisotopic (exact) mass is 407 g/mol. The van der Waals surface area contributed by atoms with Gasteiger partial charge in [0.2, 0.25) is 5.91 Å². The van der Waals surface area contributed by atoms with Crippen molar-refractivity contribution in [3.8, 4) is 0 Å². The highest BCUT2D eigenvalue weighted by Gasteiger charge is 2.35. The molecular weight excluding hydrogens is 380 g/mol. The molecule has 148 valence electrons. The number of benzene rings is 1. The molecule has 26 heavy (non-hydrogen) atoms. The van der Waals surface area contributed by atoms with Crippen molar-refractivity contribution >= 4 is 30.7 Å². The van der Waals surface area contributed by atoms with Gasteiger partial charge in [-0.3, -0.25) is 9.69 Å². The maximum absolute atomic E-state index is 13.7. The molecule has 0 spiro atoms. The minimum absolute atomic E-state index is 0. The van der Waals surface area contributed by atoms with Crippen molar-refractivity contribution in [1.29, 1.82) is 0 Å². The highest BCUT2D eigenvalue weighted by atomic mass is 35.5. The van der Waals surface area contributed by atoms with Crippen molar-refractivity contribution in [3.05, 3.63) is 35.6 Å². The second kappa shape index (κ2) is 11.0. The van der Waals surface area contributed by atoms with Crippen LogP contribution >= 0.6 is 24.8 Å². The van der Waals surface area contributed by atoms with Gasteiger partial charge in [0, 0.05) is 26.2 Å². The smallest absolute Gasteiger partial charge is 0.244 e. The van der Waals surface area contributed by atoms with E-state index >= 15 is 0 Å². The SMILES string of the molecule is CNCC1CCN(C(=O)C(c2cccc(F)c2)N2CCOCC2)C1.Cl.Cl. The van der Waals surface area contributed by atoms with Crippen molar-refractivity contribution in [2.75, 3.05) is 53.0 Å². The zero-order chi connectivity index (χ0) is 16.9. The molecule has 2 aliphatic heterocycles. The third kappa shape index (κ3) is 5.54. The van der Waals surface area contributed by atoms with Crippen LogP contribution in [0.4, 0.5) is 4.39 Å². The summed E-state index contributed by atoms with van der Waals surface area (Å²) < 4.78 is 19.1. The minimum atomic E-state index is -0.419. The van der Waals surface area contributed by atoms with Gasteiger partial charge >= 0.3 is 0 Å². The largest absolute Gasteiger partial charge is 0.379 e. The van der Waals surface area contributed by atoms with E-state index in [2.05, 4.69) is 10.2 Å². The Kier molecular flexibility index (Phi) is 9.82. The van der Waals surface area contributed by atoms with Gasteiger partial charge in [-0.15, -0.1) is 24.8 Å². The van der Waals surface area contributed by atoms with Gasteiger partial charge in [0.15, 0.2) is 0 Å². The van der Waals surface area contributed by atoms with Crippen molar-refractivity contribution in [2.24, 2.45) is 5.92 Å². The Bertz CT molecular complexity index is 573. The lowest BCUT2D eigenvalue weighted by Gasteiger charge is -2.36. The van der Waals surface area contributed by atoms with Crippen LogP contribution in [0.1, 0.15) is 18.0 Å². The van der Waals surface area contributed by atoms with Gasteiger partial charge in [-0.25, -0.2) is 4.39 Å². The molecule has 8 heteroatoms. The number of hydrogen-bond acceptors (Lipinski definition) is 4. The van der Waals surface area contributed by atoms with Gasteiger partial charge in [-0.05, 0) is 43.6 Å². The molecule has 2 unspecified atom stereocenters. The average molecular weight is 408 g/mol. The molecule has 2 atom stereocenters. The van der Waals surface area contributed by atoms with E-state index in [4.69, 9.17) is 4.74 Å². The molecular formula is C18H28Cl2FN3O2. The molecule has 0 saturated carbocycles. The Morgan fingerprint density at radius 1 is 1.31 bits per heavy atom. The number of amides is 1. The van der Waals surface area contributed by atoms with Gasteiger partial charge in [-0.2, -0.15) is 0 Å². The summed E-state index contributed by atoms with van der Waals surface area (Å²) in [7, 11) is 1.94. The number of likely N-dealkylation sites (tertiary alicyclic amines) is 1. The number of hydrogen-bond donors (Lipinski definition) is 1. The number of ether oxygens (including phenoxy) is 1. The summed E-state index contributed by atoms with van der Waals surface area (Å²) >= 11 is 0. The predicted octanol–water partition coefficient (Wildman–Crippen LogP) is 2.11. The lowest BCUT2D eigenvalue weighted by molar-refractivity contribution is -0.138. The van der Waals surface area contributed by atoms with Crippen LogP contribution in [0.3, 0.4) is 0 Å². The van der Waals surface area contributed by atoms with Crippen LogP contribution in [0.25, 0.3) is 0 Å². The highest BCUT2D eigenvalue weighted by Crippen LogP contribution is 2.27. The summed E-state index contributed by atoms with van der Waals surface area (Å²) in [6, 6.07) is 6.02. The molecule has 1 N–H and O–H groups in total. The Labute approximate surface area is 167 Å². The van der Waals surface area contributed by atoms with E-state index in [-0.39, 0.29) is 36.5 Å². The Hall–Kier alpha value is -0.920. The van der Waals surface area contributed by atoms with E-state index in [1.807, 2.05) is 18.0 Å². The summed E-state index contributed by atoms with van der Waals surface area (Å²) in [6.45, 7) is 5.09. The van der Waals surface area contributed by atoms with Crippen molar-refractivity contribution in [1.82, 2.24) is 15.1 Å². The molecule has 2 saturated heterocycles. The fraction of sp³-hybridized carbons (Fsp3) is 0.611. The van der Waals surface area contributed by atoms with Crippen LogP contribution in [0.5, 0.6) is 0 Å². The van der Waals surface area contributed by atoms with Crippen molar-refractivity contribution in [3.63, 3.8) is 0 Å². The number of morpholine rings is 1. The summed E-state index contributed by atoms with van der Waals surface area (Å²) in [5, 5.41) is 3.19. The van der Waals surface area contributed by atoms with Crippen molar-refractivity contribution < 1.29 is 13.9 Å². The molecule has 0 radical (unpaired) electrons. The summed E-state index contributed by atoms with van der Waals surface area (Å²) in [5.74, 6) is 0.283. The molecule has 1 aromatic carbocycles. The summed E-state index contributed by atoms with van der Waals surface area (Å²) in [5.41, 5.74) is 0.735. The fourth-order valence-corrected chi connectivity index (χ4v) is 3.68. The Morgan fingerprint density at radius 3 is 2.69 bits per heavy atom. The minimum Gasteiger partial charge on any atom is -0.379 e. The summed E-state index contributed by atoms with van der Waals surface area (Å²) in [4.78, 5) is 17.3. The lowest BCUT2D eigenvalue weighted by Crippen LogP contribution is -2.46. The third-order valence-corrected chi connectivity index (χ3v) is 4.90. The predicted molar refractivity (Wildman–Crippen MR) is 105 cm³/mol. The van der Waals surface area contributed by atoms with Gasteiger partial charge in [0.1, 0.15) is 11.9 Å². The van der Waals surface area contributed by atoms with Crippen LogP contribution in [-0.2, 0) is 9.53 Å². The van der Waals surface area contributed by atoms with Crippen LogP contribution in [0.15, 0.2) is 24.3 Å². The van der Waals surface area contributed by atoms with Crippen LogP contribution < -0.4 is 5.32 Å². The molecule has 3 rings (SSSR count). The standard InChI is InChI=1S/C18H26FN3O2.2ClH/c1-20-12-14-5-6-22(13-14)18(23)17(21-7-9-24-10-8-21)15-3-2-4-16(19)11-15;;/h2-4,11,14,17,20H,5-10,12-13H2,1H3;2*1H. The van der Waals surface area contributed by atoms with E-state index in [0.29, 0.717) is 32.2 Å². The average Bonchev–Trinajstić information content (AvgIpc) is 3.05. The normalized spacial score (nSPS) is 21.6. The van der Waals surface area contributed by atoms with Gasteiger partial charge in [-0.1, -0.05) is 12.1 Å². The van der Waals surface area contributed by atoms with Crippen LogP contribution in [0.2, 0.25) is 0 Å². The van der Waals surface area contributed by atoms with Crippen LogP contribution in [-0.4, -0.2) is 68.7 Å². The number of rotatable bonds is 5. The van der Waals surface area contributed by atoms with E-state index in [1.165, 1.54) is 12.1 Å². The van der Waals surface area contributed by atoms with Gasteiger partial charge in [0.05, 0.1) is 13.2 Å². The Balaban J connectivity index is 0.00000169.